The van der Waals surface area contributed by atoms with Crippen molar-refractivity contribution in [2.75, 3.05) is 19.0 Å². The van der Waals surface area contributed by atoms with Gasteiger partial charge in [0.25, 0.3) is 0 Å². The van der Waals surface area contributed by atoms with E-state index in [9.17, 15) is 0 Å². The van der Waals surface area contributed by atoms with Crippen LogP contribution in [0.4, 0.5) is 5.13 Å². The second-order valence-electron chi connectivity index (χ2n) is 6.08. The summed E-state index contributed by atoms with van der Waals surface area (Å²) in [5.41, 5.74) is 3.07. The summed E-state index contributed by atoms with van der Waals surface area (Å²) in [7, 11) is 4.01. The van der Waals surface area contributed by atoms with E-state index in [-0.39, 0.29) is 6.04 Å². The molecule has 130 valence electrons. The van der Waals surface area contributed by atoms with Crippen LogP contribution >= 0.6 is 11.3 Å². The van der Waals surface area contributed by atoms with Crippen LogP contribution < -0.4 is 10.2 Å². The van der Waals surface area contributed by atoms with Gasteiger partial charge in [0.2, 0.25) is 0 Å². The van der Waals surface area contributed by atoms with E-state index < -0.39 is 0 Å². The van der Waals surface area contributed by atoms with Gasteiger partial charge >= 0.3 is 0 Å². The molecule has 0 amide bonds. The lowest BCUT2D eigenvalue weighted by Crippen LogP contribution is -2.19. The van der Waals surface area contributed by atoms with Crippen LogP contribution in [0.2, 0.25) is 0 Å². The fourth-order valence-corrected chi connectivity index (χ4v) is 3.27. The Kier molecular flexibility index (Phi) is 5.35. The van der Waals surface area contributed by atoms with Crippen LogP contribution in [0.5, 0.6) is 0 Å². The highest BCUT2D eigenvalue weighted by atomic mass is 32.1. The molecule has 25 heavy (non-hydrogen) atoms. The van der Waals surface area contributed by atoms with Crippen LogP contribution in [0.3, 0.4) is 0 Å². The van der Waals surface area contributed by atoms with Crippen molar-refractivity contribution in [3.63, 3.8) is 0 Å². The van der Waals surface area contributed by atoms with Crippen molar-refractivity contribution in [1.82, 2.24) is 25.3 Å². The lowest BCUT2D eigenvalue weighted by molar-refractivity contribution is 0.571. The molecule has 3 heterocycles. The number of nitrogens with zero attached hydrogens (tertiary/aromatic N) is 5. The minimum absolute atomic E-state index is 0.163. The number of anilines is 1. The molecule has 3 rings (SSSR count). The molecule has 1 unspecified atom stereocenters. The fraction of sp³-hybridized carbons (Fsp3) is 0.333. The van der Waals surface area contributed by atoms with E-state index in [1.165, 1.54) is 4.88 Å². The molecule has 0 aliphatic rings. The van der Waals surface area contributed by atoms with Crippen LogP contribution in [-0.2, 0) is 6.54 Å². The van der Waals surface area contributed by atoms with E-state index in [1.54, 1.807) is 23.7 Å². The van der Waals surface area contributed by atoms with Crippen molar-refractivity contribution in [3.05, 3.63) is 53.1 Å². The normalized spacial score (nSPS) is 12.2. The zero-order valence-electron chi connectivity index (χ0n) is 14.9. The molecule has 0 aromatic carbocycles. The van der Waals surface area contributed by atoms with Gasteiger partial charge in [-0.2, -0.15) is 0 Å². The van der Waals surface area contributed by atoms with Gasteiger partial charge in [0.15, 0.2) is 11.0 Å². The highest BCUT2D eigenvalue weighted by Crippen LogP contribution is 2.23. The van der Waals surface area contributed by atoms with Gasteiger partial charge in [-0.25, -0.2) is 15.0 Å². The third-order valence-electron chi connectivity index (χ3n) is 3.93. The molecule has 0 saturated heterocycles. The molecule has 0 bridgehead atoms. The molecule has 0 fully saturated rings. The van der Waals surface area contributed by atoms with Crippen molar-refractivity contribution in [2.45, 2.75) is 26.4 Å². The minimum atomic E-state index is 0.163. The standard InChI is InChI=1S/C18H22N6S/c1-12(20-9-15-10-22-18(25-15)24(3)4)16-11-21-17(23-13(16)2)14-5-7-19-8-6-14/h5-8,10-12,20H,9H2,1-4H3. The van der Waals surface area contributed by atoms with Crippen LogP contribution in [0.1, 0.15) is 29.1 Å². The maximum Gasteiger partial charge on any atom is 0.185 e. The van der Waals surface area contributed by atoms with E-state index >= 15 is 0 Å². The number of hydrogen-bond donors (Lipinski definition) is 1. The van der Waals surface area contributed by atoms with Gasteiger partial charge in [0.1, 0.15) is 0 Å². The topological polar surface area (TPSA) is 66.8 Å². The Morgan fingerprint density at radius 3 is 2.56 bits per heavy atom. The van der Waals surface area contributed by atoms with E-state index in [1.807, 2.05) is 50.4 Å². The van der Waals surface area contributed by atoms with Crippen LogP contribution in [0.15, 0.2) is 36.9 Å². The molecule has 0 saturated carbocycles. The Hall–Kier alpha value is -2.38. The molecule has 0 aliphatic heterocycles. The summed E-state index contributed by atoms with van der Waals surface area (Å²) in [6.07, 6.45) is 7.34. The first-order chi connectivity index (χ1) is 12.0. The Morgan fingerprint density at radius 2 is 1.92 bits per heavy atom. The Morgan fingerprint density at radius 1 is 1.16 bits per heavy atom. The van der Waals surface area contributed by atoms with Crippen LogP contribution in [0, 0.1) is 6.92 Å². The molecule has 7 heteroatoms. The average Bonchev–Trinajstić information content (AvgIpc) is 3.10. The molecular formula is C18H22N6S. The van der Waals surface area contributed by atoms with Gasteiger partial charge in [-0.15, -0.1) is 11.3 Å². The van der Waals surface area contributed by atoms with Crippen molar-refractivity contribution in [3.8, 4) is 11.4 Å². The number of nitrogens with one attached hydrogen (secondary N) is 1. The molecule has 3 aromatic rings. The maximum atomic E-state index is 4.65. The van der Waals surface area contributed by atoms with Crippen molar-refractivity contribution in [2.24, 2.45) is 0 Å². The van der Waals surface area contributed by atoms with Gasteiger partial charge in [0, 0.05) is 73.2 Å². The Labute approximate surface area is 152 Å². The summed E-state index contributed by atoms with van der Waals surface area (Å²) in [5, 5.41) is 4.55. The molecule has 6 nitrogen and oxygen atoms in total. The van der Waals surface area contributed by atoms with Crippen LogP contribution in [-0.4, -0.2) is 34.0 Å². The summed E-state index contributed by atoms with van der Waals surface area (Å²) in [6, 6.07) is 4.00. The molecule has 0 spiro atoms. The van der Waals surface area contributed by atoms with Crippen molar-refractivity contribution >= 4 is 16.5 Å². The largest absolute Gasteiger partial charge is 0.354 e. The molecule has 0 radical (unpaired) electrons. The second-order valence-corrected chi connectivity index (χ2v) is 7.17. The number of hydrogen-bond acceptors (Lipinski definition) is 7. The van der Waals surface area contributed by atoms with Crippen molar-refractivity contribution < 1.29 is 0 Å². The number of thiazole rings is 1. The molecule has 1 atom stereocenters. The van der Waals surface area contributed by atoms with Crippen LogP contribution in [0.25, 0.3) is 11.4 Å². The van der Waals surface area contributed by atoms with E-state index in [0.717, 1.165) is 34.3 Å². The van der Waals surface area contributed by atoms with Gasteiger partial charge in [-0.3, -0.25) is 4.98 Å². The van der Waals surface area contributed by atoms with E-state index in [4.69, 9.17) is 0 Å². The number of pyridine rings is 1. The highest BCUT2D eigenvalue weighted by Gasteiger charge is 2.12. The first-order valence-electron chi connectivity index (χ1n) is 8.14. The summed E-state index contributed by atoms with van der Waals surface area (Å²) < 4.78 is 0. The Balaban J connectivity index is 1.68. The molecular weight excluding hydrogens is 332 g/mol. The fourth-order valence-electron chi connectivity index (χ4n) is 2.49. The van der Waals surface area contributed by atoms with Gasteiger partial charge in [-0.1, -0.05) is 0 Å². The first kappa shape index (κ1) is 17.4. The monoisotopic (exact) mass is 354 g/mol. The zero-order valence-corrected chi connectivity index (χ0v) is 15.7. The average molecular weight is 354 g/mol. The highest BCUT2D eigenvalue weighted by molar-refractivity contribution is 7.15. The quantitative estimate of drug-likeness (QED) is 0.733. The lowest BCUT2D eigenvalue weighted by Gasteiger charge is -2.15. The zero-order chi connectivity index (χ0) is 17.8. The van der Waals surface area contributed by atoms with Crippen molar-refractivity contribution in [1.29, 1.82) is 0 Å². The summed E-state index contributed by atoms with van der Waals surface area (Å²) in [5.74, 6) is 0.730. The van der Waals surface area contributed by atoms with Gasteiger partial charge in [-0.05, 0) is 26.0 Å². The van der Waals surface area contributed by atoms with Gasteiger partial charge < -0.3 is 10.2 Å². The SMILES string of the molecule is Cc1nc(-c2ccncc2)ncc1C(C)NCc1cnc(N(C)C)s1. The molecule has 0 aliphatic carbocycles. The summed E-state index contributed by atoms with van der Waals surface area (Å²) in [6.45, 7) is 4.93. The number of rotatable bonds is 6. The van der Waals surface area contributed by atoms with E-state index in [2.05, 4.69) is 32.2 Å². The number of aromatic nitrogens is 4. The third-order valence-corrected chi connectivity index (χ3v) is 5.09. The lowest BCUT2D eigenvalue weighted by atomic mass is 10.1. The maximum absolute atomic E-state index is 4.65. The summed E-state index contributed by atoms with van der Waals surface area (Å²) in [4.78, 5) is 20.8. The minimum Gasteiger partial charge on any atom is -0.354 e. The van der Waals surface area contributed by atoms with Gasteiger partial charge in [0.05, 0.1) is 0 Å². The Bertz CT molecular complexity index is 831. The first-order valence-corrected chi connectivity index (χ1v) is 8.95. The smallest absolute Gasteiger partial charge is 0.185 e. The predicted octanol–water partition coefficient (Wildman–Crippen LogP) is 3.22. The molecule has 1 N–H and O–H groups in total. The van der Waals surface area contributed by atoms with E-state index in [0.29, 0.717) is 0 Å². The number of aryl methyl sites for hydroxylation is 1. The third kappa shape index (κ3) is 4.18. The summed E-state index contributed by atoms with van der Waals surface area (Å²) >= 11 is 1.70. The second kappa shape index (κ2) is 7.67. The predicted molar refractivity (Wildman–Crippen MR) is 102 cm³/mol. The molecule has 3 aromatic heterocycles.